The maximum absolute atomic E-state index is 10.8. The van der Waals surface area contributed by atoms with Crippen LogP contribution in [-0.4, -0.2) is 29.9 Å². The maximum atomic E-state index is 10.8. The smallest absolute Gasteiger partial charge is 0.293 e. The first-order valence-electron chi connectivity index (χ1n) is 7.19. The van der Waals surface area contributed by atoms with Crippen LogP contribution in [0, 0.1) is 43.6 Å². The highest BCUT2D eigenvalue weighted by Crippen LogP contribution is 2.82. The van der Waals surface area contributed by atoms with Crippen molar-refractivity contribution >= 4 is 11.5 Å². The molecule has 1 aromatic carbocycles. The Labute approximate surface area is 136 Å². The van der Waals surface area contributed by atoms with Gasteiger partial charge in [-0.2, -0.15) is 10.5 Å². The SMILES string of the molecule is N#CC12C(N)=NC3(OCCO3)C1(C#N)C2c1ccc([N+](=O)[O-])cc1. The topological polar surface area (TPSA) is 148 Å². The summed E-state index contributed by atoms with van der Waals surface area (Å²) in [5, 5.41) is 30.5. The third-order valence-electron chi connectivity index (χ3n) is 5.04. The molecule has 1 saturated carbocycles. The van der Waals surface area contributed by atoms with E-state index in [0.29, 0.717) is 5.56 Å². The average molecular weight is 325 g/mol. The summed E-state index contributed by atoms with van der Waals surface area (Å²) in [5.41, 5.74) is 3.74. The molecule has 1 saturated heterocycles. The predicted molar refractivity (Wildman–Crippen MR) is 78.2 cm³/mol. The summed E-state index contributed by atoms with van der Waals surface area (Å²) >= 11 is 0. The normalized spacial score (nSPS) is 34.9. The third-order valence-corrected chi connectivity index (χ3v) is 5.04. The Hall–Kier alpha value is -3.01. The van der Waals surface area contributed by atoms with Gasteiger partial charge in [0.15, 0.2) is 5.41 Å². The molecule has 1 spiro atoms. The first-order chi connectivity index (χ1) is 11.5. The molecule has 24 heavy (non-hydrogen) atoms. The highest BCUT2D eigenvalue weighted by Gasteiger charge is 2.94. The molecule has 9 nitrogen and oxygen atoms in total. The van der Waals surface area contributed by atoms with Gasteiger partial charge in [0.2, 0.25) is 0 Å². The highest BCUT2D eigenvalue weighted by atomic mass is 16.8. The van der Waals surface area contributed by atoms with E-state index in [9.17, 15) is 20.6 Å². The van der Waals surface area contributed by atoms with Crippen molar-refractivity contribution in [1.29, 1.82) is 10.5 Å². The molecule has 9 heteroatoms. The summed E-state index contributed by atoms with van der Waals surface area (Å²) in [6.07, 6.45) is 0. The number of non-ortho nitro benzene ring substituents is 1. The Kier molecular flexibility index (Phi) is 2.61. The molecule has 2 fully saturated rings. The molecule has 2 N–H and O–H groups in total. The van der Waals surface area contributed by atoms with Gasteiger partial charge in [-0.05, 0) is 5.56 Å². The minimum Gasteiger partial charge on any atom is -0.386 e. The van der Waals surface area contributed by atoms with E-state index in [2.05, 4.69) is 17.1 Å². The van der Waals surface area contributed by atoms with Crippen LogP contribution in [0.1, 0.15) is 11.5 Å². The lowest BCUT2D eigenvalue weighted by molar-refractivity contribution is -0.384. The van der Waals surface area contributed by atoms with Gasteiger partial charge in [-0.15, -0.1) is 0 Å². The lowest BCUT2D eigenvalue weighted by Crippen LogP contribution is -2.38. The number of hydrogen-bond donors (Lipinski definition) is 1. The van der Waals surface area contributed by atoms with Gasteiger partial charge in [0.05, 0.1) is 30.3 Å². The Morgan fingerprint density at radius 3 is 2.38 bits per heavy atom. The second-order valence-corrected chi connectivity index (χ2v) is 5.90. The number of aliphatic imine (C=N–C) groups is 1. The third kappa shape index (κ3) is 1.29. The zero-order valence-electron chi connectivity index (χ0n) is 12.3. The number of rotatable bonds is 2. The molecule has 3 unspecified atom stereocenters. The summed E-state index contributed by atoms with van der Waals surface area (Å²) < 4.78 is 11.2. The summed E-state index contributed by atoms with van der Waals surface area (Å²) in [6.45, 7) is 0.489. The number of nitro benzene ring substituents is 1. The van der Waals surface area contributed by atoms with Gasteiger partial charge < -0.3 is 15.2 Å². The van der Waals surface area contributed by atoms with E-state index >= 15 is 0 Å². The van der Waals surface area contributed by atoms with E-state index in [-0.39, 0.29) is 24.7 Å². The van der Waals surface area contributed by atoms with Gasteiger partial charge in [-0.25, -0.2) is 4.99 Å². The van der Waals surface area contributed by atoms with Gasteiger partial charge in [-0.3, -0.25) is 10.1 Å². The summed E-state index contributed by atoms with van der Waals surface area (Å²) in [4.78, 5) is 14.4. The van der Waals surface area contributed by atoms with Gasteiger partial charge in [0, 0.05) is 18.1 Å². The van der Waals surface area contributed by atoms with Crippen LogP contribution in [0.15, 0.2) is 29.3 Å². The summed E-state index contributed by atoms with van der Waals surface area (Å²) in [7, 11) is 0. The number of amidine groups is 1. The molecule has 3 aliphatic rings. The summed E-state index contributed by atoms with van der Waals surface area (Å²) in [6, 6.07) is 9.98. The van der Waals surface area contributed by atoms with Crippen LogP contribution >= 0.6 is 0 Å². The van der Waals surface area contributed by atoms with Crippen molar-refractivity contribution in [2.45, 2.75) is 11.8 Å². The minimum absolute atomic E-state index is 0.00296. The van der Waals surface area contributed by atoms with Crippen molar-refractivity contribution in [2.75, 3.05) is 13.2 Å². The molecule has 2 aliphatic heterocycles. The fraction of sp³-hybridized carbons (Fsp3) is 0.400. The number of fused-ring (bicyclic) bond motifs is 2. The summed E-state index contributed by atoms with van der Waals surface area (Å²) in [5.74, 6) is -2.22. The first-order valence-corrected chi connectivity index (χ1v) is 7.19. The molecule has 1 aliphatic carbocycles. The number of ether oxygens (including phenoxy) is 2. The van der Waals surface area contributed by atoms with E-state index in [1.807, 2.05) is 0 Å². The number of nitrogens with two attached hydrogens (primary N) is 1. The Bertz CT molecular complexity index is 861. The van der Waals surface area contributed by atoms with E-state index < -0.39 is 27.6 Å². The molecular formula is C15H11N5O4. The monoisotopic (exact) mass is 325 g/mol. The number of nitriles is 2. The number of benzene rings is 1. The molecule has 0 bridgehead atoms. The average Bonchev–Trinajstić information content (AvgIpc) is 2.84. The molecule has 4 rings (SSSR count). The molecule has 3 atom stereocenters. The maximum Gasteiger partial charge on any atom is 0.293 e. The largest absolute Gasteiger partial charge is 0.386 e. The van der Waals surface area contributed by atoms with Crippen LogP contribution < -0.4 is 5.73 Å². The van der Waals surface area contributed by atoms with Gasteiger partial charge in [0.1, 0.15) is 11.3 Å². The van der Waals surface area contributed by atoms with Crippen LogP contribution in [0.5, 0.6) is 0 Å². The number of nitrogens with zero attached hydrogens (tertiary/aromatic N) is 4. The second kappa shape index (κ2) is 4.29. The molecule has 1 aromatic rings. The molecular weight excluding hydrogens is 314 g/mol. The fourth-order valence-electron chi connectivity index (χ4n) is 4.01. The molecule has 0 amide bonds. The van der Waals surface area contributed by atoms with E-state index in [4.69, 9.17) is 15.2 Å². The van der Waals surface area contributed by atoms with Crippen LogP contribution in [-0.2, 0) is 9.47 Å². The van der Waals surface area contributed by atoms with Gasteiger partial charge in [0.25, 0.3) is 11.6 Å². The number of nitro groups is 1. The zero-order valence-corrected chi connectivity index (χ0v) is 12.3. The van der Waals surface area contributed by atoms with Crippen LogP contribution in [0.3, 0.4) is 0 Å². The van der Waals surface area contributed by atoms with Crippen molar-refractivity contribution in [3.05, 3.63) is 39.9 Å². The van der Waals surface area contributed by atoms with Gasteiger partial charge >= 0.3 is 0 Å². The quantitative estimate of drug-likeness (QED) is 0.624. The van der Waals surface area contributed by atoms with Crippen molar-refractivity contribution in [3.63, 3.8) is 0 Å². The second-order valence-electron chi connectivity index (χ2n) is 5.90. The van der Waals surface area contributed by atoms with Crippen molar-refractivity contribution in [2.24, 2.45) is 21.6 Å². The predicted octanol–water partition coefficient (Wildman–Crippen LogP) is 0.783. The fourth-order valence-corrected chi connectivity index (χ4v) is 4.01. The van der Waals surface area contributed by atoms with Crippen LogP contribution in [0.4, 0.5) is 5.69 Å². The highest BCUT2D eigenvalue weighted by molar-refractivity contribution is 6.00. The van der Waals surface area contributed by atoms with Crippen molar-refractivity contribution < 1.29 is 14.4 Å². The van der Waals surface area contributed by atoms with Crippen molar-refractivity contribution in [3.8, 4) is 12.1 Å². The van der Waals surface area contributed by atoms with Crippen molar-refractivity contribution in [1.82, 2.24) is 0 Å². The standard InChI is InChI=1S/C15H11N5O4/c16-7-13-11(9-1-3-10(4-2-9)20(21)22)14(13,8-17)15(19-12(13)18)23-5-6-24-15/h1-4,11H,5-6H2,(H2,18,19). The van der Waals surface area contributed by atoms with E-state index in [0.717, 1.165) is 0 Å². The van der Waals surface area contributed by atoms with Gasteiger partial charge in [-0.1, -0.05) is 12.1 Å². The Balaban J connectivity index is 1.86. The first kappa shape index (κ1) is 14.6. The molecule has 120 valence electrons. The minimum atomic E-state index is -1.59. The molecule has 2 heterocycles. The van der Waals surface area contributed by atoms with E-state index in [1.54, 1.807) is 0 Å². The lowest BCUT2D eigenvalue weighted by atomic mass is 9.94. The van der Waals surface area contributed by atoms with Crippen LogP contribution in [0.2, 0.25) is 0 Å². The molecule has 0 radical (unpaired) electrons. The number of hydrogen-bond acceptors (Lipinski definition) is 8. The Morgan fingerprint density at radius 2 is 1.88 bits per heavy atom. The zero-order chi connectivity index (χ0) is 17.2. The molecule has 0 aromatic heterocycles. The van der Waals surface area contributed by atoms with E-state index in [1.165, 1.54) is 24.3 Å². The lowest BCUT2D eigenvalue weighted by Gasteiger charge is -2.25. The Morgan fingerprint density at radius 1 is 1.25 bits per heavy atom. The van der Waals surface area contributed by atoms with Crippen LogP contribution in [0.25, 0.3) is 0 Å².